The van der Waals surface area contributed by atoms with Crippen LogP contribution in [-0.4, -0.2) is 25.9 Å². The Morgan fingerprint density at radius 2 is 2.18 bits per heavy atom. The van der Waals surface area contributed by atoms with Crippen molar-refractivity contribution < 1.29 is 9.90 Å². The summed E-state index contributed by atoms with van der Waals surface area (Å²) in [7, 11) is 0. The van der Waals surface area contributed by atoms with Gasteiger partial charge in [0.05, 0.1) is 0 Å². The second-order valence-electron chi connectivity index (χ2n) is 4.38. The lowest BCUT2D eigenvalue weighted by atomic mass is 10.3. The van der Waals surface area contributed by atoms with E-state index in [4.69, 9.17) is 10.9 Å². The van der Waals surface area contributed by atoms with Gasteiger partial charge < -0.3 is 10.9 Å². The molecule has 0 saturated heterocycles. The first-order valence-corrected chi connectivity index (χ1v) is 8.98. The highest BCUT2D eigenvalue weighted by Crippen LogP contribution is 2.26. The van der Waals surface area contributed by atoms with E-state index in [9.17, 15) is 4.79 Å². The Hall–Kier alpha value is -1.84. The number of nitrogens with two attached hydrogens (primary N) is 1. The average molecular weight is 352 g/mol. The van der Waals surface area contributed by atoms with Crippen molar-refractivity contribution in [3.05, 3.63) is 50.1 Å². The van der Waals surface area contributed by atoms with Crippen LogP contribution in [0.15, 0.2) is 34.8 Å². The first kappa shape index (κ1) is 15.1. The topological polar surface area (TPSA) is 94.0 Å². The van der Waals surface area contributed by atoms with Crippen molar-refractivity contribution in [1.82, 2.24) is 14.9 Å². The highest BCUT2D eigenvalue weighted by atomic mass is 32.2. The van der Waals surface area contributed by atoms with Crippen LogP contribution in [0.25, 0.3) is 0 Å². The van der Waals surface area contributed by atoms with Crippen molar-refractivity contribution in [2.45, 2.75) is 17.3 Å². The van der Waals surface area contributed by atoms with Crippen molar-refractivity contribution in [2.24, 2.45) is 0 Å². The standard InChI is InChI=1S/C13H12N4O2S3/c14-17-11(6-8-2-1-5-20-8)15-16-13(17)21-7-9-3-4-10(22-9)12(18)19/h1-5H,6-7,14H2,(H,18,19). The molecule has 3 aromatic rings. The van der Waals surface area contributed by atoms with Crippen LogP contribution in [0, 0.1) is 0 Å². The van der Waals surface area contributed by atoms with Crippen LogP contribution in [0.2, 0.25) is 0 Å². The summed E-state index contributed by atoms with van der Waals surface area (Å²) in [6.07, 6.45) is 0.657. The summed E-state index contributed by atoms with van der Waals surface area (Å²) in [6, 6.07) is 7.44. The van der Waals surface area contributed by atoms with E-state index in [1.165, 1.54) is 32.7 Å². The van der Waals surface area contributed by atoms with Gasteiger partial charge in [-0.2, -0.15) is 0 Å². The Bertz CT molecular complexity index is 779. The molecule has 0 atom stereocenters. The molecule has 114 valence electrons. The molecule has 0 aliphatic heterocycles. The highest BCUT2D eigenvalue weighted by molar-refractivity contribution is 7.98. The van der Waals surface area contributed by atoms with E-state index in [-0.39, 0.29) is 0 Å². The fraction of sp³-hybridized carbons (Fsp3) is 0.154. The van der Waals surface area contributed by atoms with Gasteiger partial charge in [0.1, 0.15) is 4.88 Å². The lowest BCUT2D eigenvalue weighted by Crippen LogP contribution is -2.14. The maximum Gasteiger partial charge on any atom is 0.345 e. The first-order chi connectivity index (χ1) is 10.6. The van der Waals surface area contributed by atoms with Crippen molar-refractivity contribution in [3.8, 4) is 0 Å². The number of thiophene rings is 2. The summed E-state index contributed by atoms with van der Waals surface area (Å²) in [5.41, 5.74) is 0. The van der Waals surface area contributed by atoms with Crippen molar-refractivity contribution in [1.29, 1.82) is 0 Å². The summed E-state index contributed by atoms with van der Waals surface area (Å²) in [6.45, 7) is 0. The number of nitrogens with zero attached hydrogens (tertiary/aromatic N) is 3. The molecule has 3 rings (SSSR count). The molecule has 0 amide bonds. The molecule has 0 unspecified atom stereocenters. The molecule has 22 heavy (non-hydrogen) atoms. The zero-order chi connectivity index (χ0) is 15.5. The monoisotopic (exact) mass is 352 g/mol. The Morgan fingerprint density at radius 3 is 2.86 bits per heavy atom. The average Bonchev–Trinajstić information content (AvgIpc) is 3.21. The molecule has 9 heteroatoms. The maximum atomic E-state index is 10.9. The molecule has 0 aromatic carbocycles. The molecule has 3 heterocycles. The van der Waals surface area contributed by atoms with Gasteiger partial charge in [0.15, 0.2) is 5.82 Å². The minimum atomic E-state index is -0.901. The van der Waals surface area contributed by atoms with Crippen LogP contribution >= 0.6 is 34.4 Å². The van der Waals surface area contributed by atoms with Gasteiger partial charge in [-0.1, -0.05) is 17.8 Å². The Morgan fingerprint density at radius 1 is 1.32 bits per heavy atom. The van der Waals surface area contributed by atoms with Crippen LogP contribution < -0.4 is 5.84 Å². The highest BCUT2D eigenvalue weighted by Gasteiger charge is 2.13. The number of thioether (sulfide) groups is 1. The van der Waals surface area contributed by atoms with E-state index in [0.717, 1.165) is 4.88 Å². The van der Waals surface area contributed by atoms with E-state index in [1.807, 2.05) is 23.6 Å². The molecule has 0 saturated carbocycles. The molecule has 0 bridgehead atoms. The molecule has 0 aliphatic carbocycles. The predicted octanol–water partition coefficient (Wildman–Crippen LogP) is 2.70. The van der Waals surface area contributed by atoms with Crippen LogP contribution in [0.1, 0.15) is 25.3 Å². The second kappa shape index (κ2) is 6.51. The Kier molecular flexibility index (Phi) is 4.46. The summed E-state index contributed by atoms with van der Waals surface area (Å²) in [4.78, 5) is 13.3. The second-order valence-corrected chi connectivity index (χ2v) is 7.53. The normalized spacial score (nSPS) is 10.9. The van der Waals surface area contributed by atoms with Crippen LogP contribution in [0.4, 0.5) is 0 Å². The molecule has 0 aliphatic rings. The quantitative estimate of drug-likeness (QED) is 0.523. The number of hydrogen-bond donors (Lipinski definition) is 2. The maximum absolute atomic E-state index is 10.9. The third-order valence-electron chi connectivity index (χ3n) is 2.86. The van der Waals surface area contributed by atoms with Crippen LogP contribution in [0.3, 0.4) is 0 Å². The van der Waals surface area contributed by atoms with Crippen LogP contribution in [0.5, 0.6) is 0 Å². The van der Waals surface area contributed by atoms with Crippen molar-refractivity contribution in [2.75, 3.05) is 5.84 Å². The lowest BCUT2D eigenvalue weighted by molar-refractivity contribution is 0.0702. The fourth-order valence-electron chi connectivity index (χ4n) is 1.80. The van der Waals surface area contributed by atoms with Gasteiger partial charge >= 0.3 is 5.97 Å². The summed E-state index contributed by atoms with van der Waals surface area (Å²) >= 11 is 4.36. The van der Waals surface area contributed by atoms with E-state index < -0.39 is 5.97 Å². The Labute approximate surface area is 138 Å². The zero-order valence-corrected chi connectivity index (χ0v) is 13.7. The number of carboxylic acids is 1. The van der Waals surface area contributed by atoms with Gasteiger partial charge in [0.25, 0.3) is 0 Å². The van der Waals surface area contributed by atoms with E-state index in [1.54, 1.807) is 17.4 Å². The number of aromatic carboxylic acids is 1. The molecular formula is C13H12N4O2S3. The SMILES string of the molecule is Nn1c(Cc2cccs2)nnc1SCc1ccc(C(=O)O)s1. The molecule has 0 spiro atoms. The van der Waals surface area contributed by atoms with E-state index >= 15 is 0 Å². The van der Waals surface area contributed by atoms with Gasteiger partial charge in [-0.05, 0) is 23.6 Å². The summed E-state index contributed by atoms with van der Waals surface area (Å²) < 4.78 is 1.50. The number of nitrogen functional groups attached to an aromatic ring is 1. The minimum absolute atomic E-state index is 0.336. The molecule has 0 fully saturated rings. The number of rotatable bonds is 6. The molecule has 6 nitrogen and oxygen atoms in total. The largest absolute Gasteiger partial charge is 0.477 e. The van der Waals surface area contributed by atoms with Crippen molar-refractivity contribution >= 4 is 40.4 Å². The molecule has 3 aromatic heterocycles. The number of carboxylic acid groups (broad SMARTS) is 1. The van der Waals surface area contributed by atoms with Gasteiger partial charge in [-0.3, -0.25) is 0 Å². The van der Waals surface area contributed by atoms with Gasteiger partial charge in [0, 0.05) is 21.9 Å². The van der Waals surface area contributed by atoms with Gasteiger partial charge in [-0.15, -0.1) is 32.9 Å². The lowest BCUT2D eigenvalue weighted by Gasteiger charge is -2.02. The van der Waals surface area contributed by atoms with E-state index in [2.05, 4.69) is 10.2 Å². The fourth-order valence-corrected chi connectivity index (χ4v) is 4.27. The van der Waals surface area contributed by atoms with Crippen molar-refractivity contribution in [3.63, 3.8) is 0 Å². The van der Waals surface area contributed by atoms with Crippen LogP contribution in [-0.2, 0) is 12.2 Å². The third kappa shape index (κ3) is 3.32. The number of aromatic nitrogens is 3. The third-order valence-corrected chi connectivity index (χ3v) is 5.99. The first-order valence-electron chi connectivity index (χ1n) is 6.30. The van der Waals surface area contributed by atoms with Gasteiger partial charge in [-0.25, -0.2) is 9.47 Å². The molecule has 0 radical (unpaired) electrons. The van der Waals surface area contributed by atoms with Gasteiger partial charge in [0.2, 0.25) is 5.16 Å². The summed E-state index contributed by atoms with van der Waals surface area (Å²) in [5, 5.41) is 19.8. The number of carbonyl (C=O) groups is 1. The predicted molar refractivity (Wildman–Crippen MR) is 88.1 cm³/mol. The van der Waals surface area contributed by atoms with E-state index in [0.29, 0.717) is 28.0 Å². The Balaban J connectivity index is 1.65. The minimum Gasteiger partial charge on any atom is -0.477 e. The number of hydrogen-bond acceptors (Lipinski definition) is 7. The zero-order valence-electron chi connectivity index (χ0n) is 11.3. The molecule has 3 N–H and O–H groups in total. The smallest absolute Gasteiger partial charge is 0.345 e. The molecular weight excluding hydrogens is 340 g/mol. The summed E-state index contributed by atoms with van der Waals surface area (Å²) in [5.74, 6) is 6.45.